The number of rotatable bonds is 2. The third-order valence-electron chi connectivity index (χ3n) is 2.56. The molecule has 0 unspecified atom stereocenters. The second-order valence-electron chi connectivity index (χ2n) is 4.95. The Morgan fingerprint density at radius 1 is 1.44 bits per heavy atom. The first-order valence-corrected chi connectivity index (χ1v) is 6.63. The molecule has 0 aliphatic carbocycles. The summed E-state index contributed by atoms with van der Waals surface area (Å²) in [6.45, 7) is 7.47. The highest BCUT2D eigenvalue weighted by Gasteiger charge is 2.19. The smallest absolute Gasteiger partial charge is 0.177 e. The van der Waals surface area contributed by atoms with E-state index in [0.29, 0.717) is 0 Å². The van der Waals surface area contributed by atoms with Crippen molar-refractivity contribution in [3.8, 4) is 0 Å². The summed E-state index contributed by atoms with van der Waals surface area (Å²) in [7, 11) is 0. The monoisotopic (exact) mass is 252 g/mol. The molecule has 0 bridgehead atoms. The van der Waals surface area contributed by atoms with Crippen LogP contribution in [0.25, 0.3) is 0 Å². The van der Waals surface area contributed by atoms with Gasteiger partial charge in [0, 0.05) is 17.3 Å². The van der Waals surface area contributed by atoms with Gasteiger partial charge in [0.05, 0.1) is 6.54 Å². The van der Waals surface area contributed by atoms with Crippen LogP contribution in [0.5, 0.6) is 0 Å². The lowest BCUT2D eigenvalue weighted by Crippen LogP contribution is -2.18. The van der Waals surface area contributed by atoms with Crippen molar-refractivity contribution in [2.75, 3.05) is 0 Å². The van der Waals surface area contributed by atoms with E-state index in [1.165, 1.54) is 11.3 Å². The SMILES string of the molecule is CC(C)(C)c1c[nH]c(=S)n1Cc1ccsc1. The number of H-pyrrole nitrogens is 1. The Kier molecular flexibility index (Phi) is 3.04. The predicted molar refractivity (Wildman–Crippen MR) is 71.7 cm³/mol. The third-order valence-corrected chi connectivity index (χ3v) is 3.63. The second-order valence-corrected chi connectivity index (χ2v) is 6.11. The summed E-state index contributed by atoms with van der Waals surface area (Å²) in [6, 6.07) is 2.14. The molecular formula is C12H16N2S2. The number of nitrogens with one attached hydrogen (secondary N) is 1. The summed E-state index contributed by atoms with van der Waals surface area (Å²) >= 11 is 7.05. The number of aromatic nitrogens is 2. The van der Waals surface area contributed by atoms with Gasteiger partial charge >= 0.3 is 0 Å². The normalized spacial score (nSPS) is 11.9. The molecule has 16 heavy (non-hydrogen) atoms. The lowest BCUT2D eigenvalue weighted by atomic mass is 9.92. The maximum atomic E-state index is 5.33. The number of hydrogen-bond donors (Lipinski definition) is 1. The van der Waals surface area contributed by atoms with Crippen LogP contribution in [-0.2, 0) is 12.0 Å². The quantitative estimate of drug-likeness (QED) is 0.803. The fraction of sp³-hybridized carbons (Fsp3) is 0.417. The van der Waals surface area contributed by atoms with Crippen molar-refractivity contribution in [3.05, 3.63) is 39.1 Å². The van der Waals surface area contributed by atoms with Gasteiger partial charge in [-0.25, -0.2) is 0 Å². The zero-order valence-corrected chi connectivity index (χ0v) is 11.4. The Morgan fingerprint density at radius 3 is 2.75 bits per heavy atom. The van der Waals surface area contributed by atoms with Crippen LogP contribution in [0.2, 0.25) is 0 Å². The first kappa shape index (κ1) is 11.6. The molecule has 0 aromatic carbocycles. The van der Waals surface area contributed by atoms with E-state index in [0.717, 1.165) is 11.3 Å². The molecule has 0 saturated heterocycles. The fourth-order valence-corrected chi connectivity index (χ4v) is 2.62. The van der Waals surface area contributed by atoms with Gasteiger partial charge in [-0.2, -0.15) is 11.3 Å². The highest BCUT2D eigenvalue weighted by Crippen LogP contribution is 2.23. The molecular weight excluding hydrogens is 236 g/mol. The highest BCUT2D eigenvalue weighted by molar-refractivity contribution is 7.71. The Labute approximate surface area is 105 Å². The van der Waals surface area contributed by atoms with E-state index in [-0.39, 0.29) is 5.41 Å². The van der Waals surface area contributed by atoms with Crippen LogP contribution < -0.4 is 0 Å². The van der Waals surface area contributed by atoms with Gasteiger partial charge in [-0.05, 0) is 34.6 Å². The van der Waals surface area contributed by atoms with Crippen molar-refractivity contribution in [2.45, 2.75) is 32.7 Å². The Bertz CT molecular complexity index is 512. The van der Waals surface area contributed by atoms with E-state index in [1.807, 2.05) is 6.20 Å². The predicted octanol–water partition coefficient (Wildman–Crippen LogP) is 3.95. The van der Waals surface area contributed by atoms with Crippen LogP contribution in [-0.4, -0.2) is 9.55 Å². The zero-order chi connectivity index (χ0) is 11.8. The van der Waals surface area contributed by atoms with Gasteiger partial charge in [0.15, 0.2) is 4.77 Å². The maximum Gasteiger partial charge on any atom is 0.177 e. The van der Waals surface area contributed by atoms with Gasteiger partial charge < -0.3 is 9.55 Å². The van der Waals surface area contributed by atoms with Gasteiger partial charge in [0.1, 0.15) is 0 Å². The molecule has 0 saturated carbocycles. The molecule has 0 amide bonds. The van der Waals surface area contributed by atoms with E-state index in [1.54, 1.807) is 11.3 Å². The molecule has 1 N–H and O–H groups in total. The molecule has 0 aliphatic rings. The van der Waals surface area contributed by atoms with Crippen molar-refractivity contribution >= 4 is 23.6 Å². The summed E-state index contributed by atoms with van der Waals surface area (Å²) in [4.78, 5) is 3.14. The average molecular weight is 252 g/mol. The van der Waals surface area contributed by atoms with Crippen LogP contribution >= 0.6 is 23.6 Å². The molecule has 0 aliphatic heterocycles. The van der Waals surface area contributed by atoms with Crippen molar-refractivity contribution in [1.29, 1.82) is 0 Å². The molecule has 4 heteroatoms. The molecule has 86 valence electrons. The topological polar surface area (TPSA) is 20.7 Å². The molecule has 0 atom stereocenters. The minimum absolute atomic E-state index is 0.115. The van der Waals surface area contributed by atoms with Gasteiger partial charge in [0.25, 0.3) is 0 Å². The summed E-state index contributed by atoms with van der Waals surface area (Å²) in [6.07, 6.45) is 2.02. The molecule has 0 fully saturated rings. The summed E-state index contributed by atoms with van der Waals surface area (Å²) in [5.41, 5.74) is 2.68. The standard InChI is InChI=1S/C12H16N2S2/c1-12(2,3)10-6-13-11(15)14(10)7-9-4-5-16-8-9/h4-6,8H,7H2,1-3H3,(H,13,15). The van der Waals surface area contributed by atoms with E-state index in [9.17, 15) is 0 Å². The Hall–Kier alpha value is -0.870. The third kappa shape index (κ3) is 2.28. The zero-order valence-electron chi connectivity index (χ0n) is 9.78. The van der Waals surface area contributed by atoms with Gasteiger partial charge in [-0.15, -0.1) is 0 Å². The van der Waals surface area contributed by atoms with Crippen molar-refractivity contribution in [3.63, 3.8) is 0 Å². The first-order valence-electron chi connectivity index (χ1n) is 5.28. The average Bonchev–Trinajstić information content (AvgIpc) is 2.76. The number of imidazole rings is 1. The Balaban J connectivity index is 2.40. The lowest BCUT2D eigenvalue weighted by Gasteiger charge is -2.20. The molecule has 2 rings (SSSR count). The number of aromatic amines is 1. The molecule has 2 aromatic rings. The van der Waals surface area contributed by atoms with Crippen molar-refractivity contribution < 1.29 is 0 Å². The molecule has 2 nitrogen and oxygen atoms in total. The largest absolute Gasteiger partial charge is 0.337 e. The minimum Gasteiger partial charge on any atom is -0.337 e. The van der Waals surface area contributed by atoms with Gasteiger partial charge in [-0.1, -0.05) is 20.8 Å². The van der Waals surface area contributed by atoms with Gasteiger partial charge in [0.2, 0.25) is 0 Å². The highest BCUT2D eigenvalue weighted by atomic mass is 32.1. The van der Waals surface area contributed by atoms with Crippen LogP contribution in [0, 0.1) is 4.77 Å². The minimum atomic E-state index is 0.115. The number of hydrogen-bond acceptors (Lipinski definition) is 2. The van der Waals surface area contributed by atoms with Crippen LogP contribution in [0.15, 0.2) is 23.0 Å². The molecule has 2 heterocycles. The van der Waals surface area contributed by atoms with Crippen LogP contribution in [0.3, 0.4) is 0 Å². The Morgan fingerprint density at radius 2 is 2.19 bits per heavy atom. The summed E-state index contributed by atoms with van der Waals surface area (Å²) in [5, 5.41) is 4.27. The van der Waals surface area contributed by atoms with E-state index < -0.39 is 0 Å². The molecule has 0 spiro atoms. The first-order chi connectivity index (χ1) is 7.48. The fourth-order valence-electron chi connectivity index (χ4n) is 1.74. The number of nitrogens with zero attached hydrogens (tertiary/aromatic N) is 1. The van der Waals surface area contributed by atoms with Gasteiger partial charge in [-0.3, -0.25) is 0 Å². The van der Waals surface area contributed by atoms with Crippen molar-refractivity contribution in [2.24, 2.45) is 0 Å². The van der Waals surface area contributed by atoms with Crippen molar-refractivity contribution in [1.82, 2.24) is 9.55 Å². The van der Waals surface area contributed by atoms with E-state index >= 15 is 0 Å². The van der Waals surface area contributed by atoms with E-state index in [4.69, 9.17) is 12.2 Å². The summed E-state index contributed by atoms with van der Waals surface area (Å²) in [5.74, 6) is 0. The number of thiophene rings is 1. The van der Waals surface area contributed by atoms with Crippen LogP contribution in [0.4, 0.5) is 0 Å². The van der Waals surface area contributed by atoms with Crippen LogP contribution in [0.1, 0.15) is 32.0 Å². The summed E-state index contributed by atoms with van der Waals surface area (Å²) < 4.78 is 2.98. The molecule has 2 aromatic heterocycles. The lowest BCUT2D eigenvalue weighted by molar-refractivity contribution is 0.529. The maximum absolute atomic E-state index is 5.33. The second kappa shape index (κ2) is 4.18. The molecule has 0 radical (unpaired) electrons. The van der Waals surface area contributed by atoms with E-state index in [2.05, 4.69) is 47.1 Å².